The van der Waals surface area contributed by atoms with Gasteiger partial charge in [0.2, 0.25) is 0 Å². The third-order valence-corrected chi connectivity index (χ3v) is 3.70. The Balaban J connectivity index is 1.67. The highest BCUT2D eigenvalue weighted by molar-refractivity contribution is 5.50. The van der Waals surface area contributed by atoms with Gasteiger partial charge in [-0.15, -0.1) is 0 Å². The van der Waals surface area contributed by atoms with E-state index in [1.54, 1.807) is 0 Å². The lowest BCUT2D eigenvalue weighted by Gasteiger charge is -2.32. The molecule has 3 N–H and O–H groups in total. The summed E-state index contributed by atoms with van der Waals surface area (Å²) < 4.78 is 5.79. The highest BCUT2D eigenvalue weighted by Crippen LogP contribution is 2.24. The first-order chi connectivity index (χ1) is 10.6. The van der Waals surface area contributed by atoms with Crippen molar-refractivity contribution in [2.75, 3.05) is 5.32 Å². The SMILES string of the molecule is CC1(N)C=CC=CC1Nc1ccc(Oc2ccccc2)cc1. The Morgan fingerprint density at radius 1 is 0.955 bits per heavy atom. The van der Waals surface area contributed by atoms with Crippen LogP contribution in [0.1, 0.15) is 6.92 Å². The van der Waals surface area contributed by atoms with Gasteiger partial charge < -0.3 is 15.8 Å². The zero-order valence-electron chi connectivity index (χ0n) is 12.6. The largest absolute Gasteiger partial charge is 0.457 e. The number of rotatable bonds is 4. The molecule has 0 heterocycles. The van der Waals surface area contributed by atoms with Gasteiger partial charge in [-0.05, 0) is 43.3 Å². The zero-order valence-corrected chi connectivity index (χ0v) is 12.6. The predicted octanol–water partition coefficient (Wildman–Crippen LogP) is 4.10. The van der Waals surface area contributed by atoms with E-state index in [1.165, 1.54) is 0 Å². The second-order valence-electron chi connectivity index (χ2n) is 5.67. The molecule has 0 amide bonds. The minimum atomic E-state index is -0.395. The third-order valence-electron chi connectivity index (χ3n) is 3.70. The van der Waals surface area contributed by atoms with Crippen LogP contribution in [0, 0.1) is 0 Å². The summed E-state index contributed by atoms with van der Waals surface area (Å²) in [5, 5.41) is 3.44. The molecule has 0 bridgehead atoms. The van der Waals surface area contributed by atoms with E-state index < -0.39 is 5.54 Å². The van der Waals surface area contributed by atoms with Crippen molar-refractivity contribution >= 4 is 5.69 Å². The molecule has 3 nitrogen and oxygen atoms in total. The van der Waals surface area contributed by atoms with Gasteiger partial charge in [0, 0.05) is 5.69 Å². The first kappa shape index (κ1) is 14.4. The molecule has 22 heavy (non-hydrogen) atoms. The predicted molar refractivity (Wildman–Crippen MR) is 91.2 cm³/mol. The van der Waals surface area contributed by atoms with E-state index >= 15 is 0 Å². The zero-order chi connectivity index (χ0) is 15.4. The molecule has 3 rings (SSSR count). The molecule has 0 saturated heterocycles. The Hall–Kier alpha value is -2.52. The Labute approximate surface area is 131 Å². The highest BCUT2D eigenvalue weighted by atomic mass is 16.5. The number of benzene rings is 2. The number of allylic oxidation sites excluding steroid dienone is 2. The molecule has 0 aliphatic heterocycles. The molecule has 112 valence electrons. The molecule has 2 aromatic carbocycles. The second kappa shape index (κ2) is 6.08. The highest BCUT2D eigenvalue weighted by Gasteiger charge is 2.26. The molecule has 0 aromatic heterocycles. The van der Waals surface area contributed by atoms with Crippen LogP contribution < -0.4 is 15.8 Å². The van der Waals surface area contributed by atoms with Crippen LogP contribution >= 0.6 is 0 Å². The summed E-state index contributed by atoms with van der Waals surface area (Å²) >= 11 is 0. The number of para-hydroxylation sites is 1. The van der Waals surface area contributed by atoms with Crippen LogP contribution in [0.5, 0.6) is 11.5 Å². The maximum Gasteiger partial charge on any atom is 0.127 e. The molecule has 0 saturated carbocycles. The maximum atomic E-state index is 6.28. The molecule has 2 atom stereocenters. The lowest BCUT2D eigenvalue weighted by Crippen LogP contribution is -2.50. The van der Waals surface area contributed by atoms with Crippen molar-refractivity contribution in [3.63, 3.8) is 0 Å². The van der Waals surface area contributed by atoms with Crippen LogP contribution in [-0.2, 0) is 0 Å². The summed E-state index contributed by atoms with van der Waals surface area (Å²) in [5.74, 6) is 1.64. The standard InChI is InChI=1S/C19H20N2O/c1-19(20)14-6-5-9-18(19)21-15-10-12-17(13-11-15)22-16-7-3-2-4-8-16/h2-14,18,21H,20H2,1H3. The second-order valence-corrected chi connectivity index (χ2v) is 5.67. The van der Waals surface area contributed by atoms with E-state index in [9.17, 15) is 0 Å². The molecule has 1 aliphatic rings. The van der Waals surface area contributed by atoms with E-state index in [2.05, 4.69) is 11.4 Å². The van der Waals surface area contributed by atoms with Gasteiger partial charge in [0.15, 0.2) is 0 Å². The molecule has 2 unspecified atom stereocenters. The van der Waals surface area contributed by atoms with Gasteiger partial charge in [-0.3, -0.25) is 0 Å². The van der Waals surface area contributed by atoms with Crippen LogP contribution in [-0.4, -0.2) is 11.6 Å². The van der Waals surface area contributed by atoms with Crippen LogP contribution in [0.2, 0.25) is 0 Å². The lowest BCUT2D eigenvalue weighted by molar-refractivity contribution is 0.482. The Morgan fingerprint density at radius 3 is 2.32 bits per heavy atom. The van der Waals surface area contributed by atoms with E-state index in [0.29, 0.717) is 0 Å². The summed E-state index contributed by atoms with van der Waals surface area (Å²) in [6.07, 6.45) is 8.08. The molecular weight excluding hydrogens is 272 g/mol. The van der Waals surface area contributed by atoms with Gasteiger partial charge in [0.05, 0.1) is 11.6 Å². The molecular formula is C19H20N2O. The van der Waals surface area contributed by atoms with Crippen LogP contribution in [0.15, 0.2) is 78.9 Å². The third kappa shape index (κ3) is 3.38. The van der Waals surface area contributed by atoms with Gasteiger partial charge in [0.1, 0.15) is 11.5 Å². The fourth-order valence-electron chi connectivity index (χ4n) is 2.38. The average Bonchev–Trinajstić information content (AvgIpc) is 2.52. The van der Waals surface area contributed by atoms with Gasteiger partial charge in [0.25, 0.3) is 0 Å². The van der Waals surface area contributed by atoms with Crippen LogP contribution in [0.4, 0.5) is 5.69 Å². The van der Waals surface area contributed by atoms with Crippen molar-refractivity contribution in [3.05, 3.63) is 78.9 Å². The minimum absolute atomic E-state index is 0.0680. The molecule has 2 aromatic rings. The monoisotopic (exact) mass is 292 g/mol. The number of hydrogen-bond acceptors (Lipinski definition) is 3. The van der Waals surface area contributed by atoms with Crippen molar-refractivity contribution in [1.29, 1.82) is 0 Å². The molecule has 0 radical (unpaired) electrons. The van der Waals surface area contributed by atoms with Gasteiger partial charge >= 0.3 is 0 Å². The van der Waals surface area contributed by atoms with E-state index in [0.717, 1.165) is 17.2 Å². The smallest absolute Gasteiger partial charge is 0.127 e. The minimum Gasteiger partial charge on any atom is -0.457 e. The first-order valence-corrected chi connectivity index (χ1v) is 7.38. The van der Waals surface area contributed by atoms with Crippen molar-refractivity contribution in [3.8, 4) is 11.5 Å². The topological polar surface area (TPSA) is 47.3 Å². The Morgan fingerprint density at radius 2 is 1.64 bits per heavy atom. The Kier molecular flexibility index (Phi) is 3.98. The molecule has 3 heteroatoms. The number of nitrogens with two attached hydrogens (primary N) is 1. The first-order valence-electron chi connectivity index (χ1n) is 7.38. The van der Waals surface area contributed by atoms with Crippen molar-refractivity contribution in [2.45, 2.75) is 18.5 Å². The van der Waals surface area contributed by atoms with E-state index in [4.69, 9.17) is 10.5 Å². The summed E-state index contributed by atoms with van der Waals surface area (Å²) in [4.78, 5) is 0. The number of nitrogens with one attached hydrogen (secondary N) is 1. The average molecular weight is 292 g/mol. The maximum absolute atomic E-state index is 6.28. The Bertz CT molecular complexity index is 672. The molecule has 0 spiro atoms. The van der Waals surface area contributed by atoms with E-state index in [-0.39, 0.29) is 6.04 Å². The van der Waals surface area contributed by atoms with Crippen molar-refractivity contribution in [1.82, 2.24) is 0 Å². The molecule has 0 fully saturated rings. The van der Waals surface area contributed by atoms with Gasteiger partial charge in [-0.1, -0.05) is 42.5 Å². The van der Waals surface area contributed by atoms with Crippen molar-refractivity contribution < 1.29 is 4.74 Å². The molecule has 1 aliphatic carbocycles. The van der Waals surface area contributed by atoms with Crippen LogP contribution in [0.3, 0.4) is 0 Å². The normalized spacial score (nSPS) is 23.3. The van der Waals surface area contributed by atoms with E-state index in [1.807, 2.05) is 79.7 Å². The number of anilines is 1. The number of ether oxygens (including phenoxy) is 1. The fraction of sp³-hybridized carbons (Fsp3) is 0.158. The summed E-state index contributed by atoms with van der Waals surface area (Å²) in [5.41, 5.74) is 6.90. The van der Waals surface area contributed by atoms with Crippen molar-refractivity contribution in [2.24, 2.45) is 5.73 Å². The lowest BCUT2D eigenvalue weighted by atomic mass is 9.89. The quantitative estimate of drug-likeness (QED) is 0.891. The summed E-state index contributed by atoms with van der Waals surface area (Å²) in [6, 6.07) is 17.7. The summed E-state index contributed by atoms with van der Waals surface area (Å²) in [7, 11) is 0. The van der Waals surface area contributed by atoms with Crippen LogP contribution in [0.25, 0.3) is 0 Å². The van der Waals surface area contributed by atoms with Gasteiger partial charge in [-0.2, -0.15) is 0 Å². The van der Waals surface area contributed by atoms with Gasteiger partial charge in [-0.25, -0.2) is 0 Å². The number of hydrogen-bond donors (Lipinski definition) is 2. The fourth-order valence-corrected chi connectivity index (χ4v) is 2.38. The summed E-state index contributed by atoms with van der Waals surface area (Å²) in [6.45, 7) is 2.01.